The minimum atomic E-state index is 0.00199. The average Bonchev–Trinajstić information content (AvgIpc) is 3.06. The number of aromatic amines is 1. The summed E-state index contributed by atoms with van der Waals surface area (Å²) in [6.45, 7) is 2.52. The molecule has 0 fully saturated rings. The molecule has 0 saturated heterocycles. The molecule has 0 radical (unpaired) electrons. The van der Waals surface area contributed by atoms with Crippen molar-refractivity contribution >= 4 is 22.6 Å². The number of para-hydroxylation sites is 1. The molecule has 3 heterocycles. The van der Waals surface area contributed by atoms with E-state index < -0.39 is 0 Å². The molecule has 4 rings (SSSR count). The highest BCUT2D eigenvalue weighted by atomic mass is 16.1. The fraction of sp³-hybridized carbons (Fsp3) is 0.200. The van der Waals surface area contributed by atoms with E-state index in [9.17, 15) is 4.79 Å². The van der Waals surface area contributed by atoms with Crippen LogP contribution in [0.2, 0.25) is 0 Å². The van der Waals surface area contributed by atoms with Crippen molar-refractivity contribution in [1.29, 1.82) is 0 Å². The van der Waals surface area contributed by atoms with Crippen LogP contribution < -0.4 is 5.32 Å². The molecule has 5 heteroatoms. The van der Waals surface area contributed by atoms with Gasteiger partial charge in [0.25, 0.3) is 5.91 Å². The smallest absolute Gasteiger partial charge is 0.251 e. The molecule has 0 bridgehead atoms. The van der Waals surface area contributed by atoms with Crippen molar-refractivity contribution in [2.75, 3.05) is 18.4 Å². The van der Waals surface area contributed by atoms with Crippen LogP contribution in [0.15, 0.2) is 66.5 Å². The highest BCUT2D eigenvalue weighted by molar-refractivity contribution is 6.03. The molecule has 3 aromatic rings. The standard InChI is InChI=1S/C20H20N4O/c25-20(23-17-5-2-1-3-6-17)15-8-11-24(12-9-15)14-16-13-22-19-18(16)7-4-10-21-19/h1-8,10,13H,9,11-12,14H2,(H,21,22)(H,23,25). The summed E-state index contributed by atoms with van der Waals surface area (Å²) in [4.78, 5) is 22.2. The van der Waals surface area contributed by atoms with Gasteiger partial charge in [0.15, 0.2) is 0 Å². The van der Waals surface area contributed by atoms with Gasteiger partial charge in [-0.2, -0.15) is 0 Å². The number of benzene rings is 1. The maximum absolute atomic E-state index is 12.4. The Labute approximate surface area is 146 Å². The van der Waals surface area contributed by atoms with Gasteiger partial charge >= 0.3 is 0 Å². The minimum absolute atomic E-state index is 0.00199. The number of hydrogen-bond acceptors (Lipinski definition) is 3. The van der Waals surface area contributed by atoms with Crippen LogP contribution in [0, 0.1) is 0 Å². The van der Waals surface area contributed by atoms with E-state index in [4.69, 9.17) is 0 Å². The van der Waals surface area contributed by atoms with Crippen LogP contribution in [0.5, 0.6) is 0 Å². The summed E-state index contributed by atoms with van der Waals surface area (Å²) < 4.78 is 0. The lowest BCUT2D eigenvalue weighted by Gasteiger charge is -2.25. The van der Waals surface area contributed by atoms with Gasteiger partial charge < -0.3 is 10.3 Å². The zero-order valence-corrected chi connectivity index (χ0v) is 13.9. The van der Waals surface area contributed by atoms with Gasteiger partial charge in [0.05, 0.1) is 0 Å². The maximum Gasteiger partial charge on any atom is 0.251 e. The van der Waals surface area contributed by atoms with Crippen LogP contribution in [-0.4, -0.2) is 33.9 Å². The average molecular weight is 332 g/mol. The molecule has 2 N–H and O–H groups in total. The predicted molar refractivity (Wildman–Crippen MR) is 99.1 cm³/mol. The normalized spacial score (nSPS) is 15.1. The van der Waals surface area contributed by atoms with Crippen LogP contribution in [0.3, 0.4) is 0 Å². The third kappa shape index (κ3) is 3.46. The van der Waals surface area contributed by atoms with Crippen LogP contribution in [0.4, 0.5) is 5.69 Å². The Morgan fingerprint density at radius 3 is 2.88 bits per heavy atom. The van der Waals surface area contributed by atoms with Crippen molar-refractivity contribution in [3.63, 3.8) is 0 Å². The number of anilines is 1. The number of nitrogens with one attached hydrogen (secondary N) is 2. The summed E-state index contributed by atoms with van der Waals surface area (Å²) in [7, 11) is 0. The third-order valence-electron chi connectivity index (χ3n) is 4.55. The zero-order chi connectivity index (χ0) is 17.1. The second kappa shape index (κ2) is 6.91. The monoisotopic (exact) mass is 332 g/mol. The quantitative estimate of drug-likeness (QED) is 0.770. The molecule has 1 aliphatic rings. The lowest BCUT2D eigenvalue weighted by atomic mass is 10.1. The SMILES string of the molecule is O=C(Nc1ccccc1)C1=CCN(Cc2c[nH]c3ncccc23)CC1. The molecule has 1 aromatic carbocycles. The van der Waals surface area contributed by atoms with Crippen molar-refractivity contribution in [2.45, 2.75) is 13.0 Å². The highest BCUT2D eigenvalue weighted by Gasteiger charge is 2.18. The number of nitrogens with zero attached hydrogens (tertiary/aromatic N) is 2. The molecule has 1 amide bonds. The van der Waals surface area contributed by atoms with Crippen LogP contribution in [0.25, 0.3) is 11.0 Å². The van der Waals surface area contributed by atoms with Crippen LogP contribution in [0.1, 0.15) is 12.0 Å². The fourth-order valence-corrected chi connectivity index (χ4v) is 3.18. The Kier molecular flexibility index (Phi) is 4.31. The van der Waals surface area contributed by atoms with Crippen molar-refractivity contribution < 1.29 is 4.79 Å². The summed E-state index contributed by atoms with van der Waals surface area (Å²) in [6, 6.07) is 13.6. The zero-order valence-electron chi connectivity index (χ0n) is 13.9. The summed E-state index contributed by atoms with van der Waals surface area (Å²) in [5, 5.41) is 4.12. The number of carbonyl (C=O) groups excluding carboxylic acids is 1. The number of hydrogen-bond donors (Lipinski definition) is 2. The molecular weight excluding hydrogens is 312 g/mol. The van der Waals surface area contributed by atoms with Crippen molar-refractivity contribution in [3.05, 3.63) is 72.1 Å². The van der Waals surface area contributed by atoms with E-state index in [1.807, 2.05) is 48.7 Å². The Balaban J connectivity index is 1.39. The number of pyridine rings is 1. The third-order valence-corrected chi connectivity index (χ3v) is 4.55. The van der Waals surface area contributed by atoms with Crippen LogP contribution in [-0.2, 0) is 11.3 Å². The second-order valence-corrected chi connectivity index (χ2v) is 6.25. The van der Waals surface area contributed by atoms with Gasteiger partial charge in [0, 0.05) is 48.7 Å². The maximum atomic E-state index is 12.4. The van der Waals surface area contributed by atoms with E-state index in [0.717, 1.165) is 43.0 Å². The summed E-state index contributed by atoms with van der Waals surface area (Å²) in [5.74, 6) is 0.00199. The second-order valence-electron chi connectivity index (χ2n) is 6.25. The van der Waals surface area contributed by atoms with E-state index in [1.165, 1.54) is 10.9 Å². The topological polar surface area (TPSA) is 61.0 Å². The molecule has 25 heavy (non-hydrogen) atoms. The summed E-state index contributed by atoms with van der Waals surface area (Å²) in [5.41, 5.74) is 3.87. The first kappa shape index (κ1) is 15.6. The molecular formula is C20H20N4O. The predicted octanol–water partition coefficient (Wildman–Crippen LogP) is 3.33. The van der Waals surface area contributed by atoms with E-state index >= 15 is 0 Å². The van der Waals surface area contributed by atoms with Crippen molar-refractivity contribution in [2.24, 2.45) is 0 Å². The molecule has 0 spiro atoms. The fourth-order valence-electron chi connectivity index (χ4n) is 3.18. The number of rotatable bonds is 4. The number of amides is 1. The molecule has 0 saturated carbocycles. The van der Waals surface area contributed by atoms with Crippen LogP contribution >= 0.6 is 0 Å². The molecule has 0 aliphatic carbocycles. The number of carbonyl (C=O) groups is 1. The molecule has 0 unspecified atom stereocenters. The first-order valence-electron chi connectivity index (χ1n) is 8.48. The molecule has 1 aliphatic heterocycles. The van der Waals surface area contributed by atoms with Gasteiger partial charge in [-0.25, -0.2) is 4.98 Å². The Morgan fingerprint density at radius 1 is 1.20 bits per heavy atom. The molecule has 5 nitrogen and oxygen atoms in total. The lowest BCUT2D eigenvalue weighted by molar-refractivity contribution is -0.113. The number of fused-ring (bicyclic) bond motifs is 1. The lowest BCUT2D eigenvalue weighted by Crippen LogP contribution is -2.31. The molecule has 2 aromatic heterocycles. The first-order valence-corrected chi connectivity index (χ1v) is 8.48. The van der Waals surface area contributed by atoms with Gasteiger partial charge in [-0.3, -0.25) is 9.69 Å². The van der Waals surface area contributed by atoms with E-state index in [1.54, 1.807) is 6.20 Å². The van der Waals surface area contributed by atoms with Gasteiger partial charge in [-0.05, 0) is 36.2 Å². The summed E-state index contributed by atoms with van der Waals surface area (Å²) in [6.07, 6.45) is 6.62. The largest absolute Gasteiger partial charge is 0.346 e. The van der Waals surface area contributed by atoms with Gasteiger partial charge in [-0.1, -0.05) is 24.3 Å². The van der Waals surface area contributed by atoms with Crippen molar-refractivity contribution in [1.82, 2.24) is 14.9 Å². The van der Waals surface area contributed by atoms with Gasteiger partial charge in [0.1, 0.15) is 5.65 Å². The summed E-state index contributed by atoms with van der Waals surface area (Å²) >= 11 is 0. The van der Waals surface area contributed by atoms with Gasteiger partial charge in [-0.15, -0.1) is 0 Å². The van der Waals surface area contributed by atoms with E-state index in [-0.39, 0.29) is 5.91 Å². The Hall–Kier alpha value is -2.92. The Morgan fingerprint density at radius 2 is 2.08 bits per heavy atom. The van der Waals surface area contributed by atoms with Crippen molar-refractivity contribution in [3.8, 4) is 0 Å². The number of H-pyrrole nitrogens is 1. The van der Waals surface area contributed by atoms with E-state index in [0.29, 0.717) is 0 Å². The van der Waals surface area contributed by atoms with Gasteiger partial charge in [0.2, 0.25) is 0 Å². The Bertz CT molecular complexity index is 914. The van der Waals surface area contributed by atoms with E-state index in [2.05, 4.69) is 26.3 Å². The molecule has 126 valence electrons. The molecule has 0 atom stereocenters. The highest BCUT2D eigenvalue weighted by Crippen LogP contribution is 2.20. The number of aromatic nitrogens is 2. The minimum Gasteiger partial charge on any atom is -0.346 e. The first-order chi connectivity index (χ1) is 12.3.